The third kappa shape index (κ3) is 8.23. The van der Waals surface area contributed by atoms with Gasteiger partial charge in [-0.3, -0.25) is 0 Å². The second kappa shape index (κ2) is 8.54. The first kappa shape index (κ1) is 21.3. The van der Waals surface area contributed by atoms with Crippen molar-refractivity contribution >= 4 is 6.09 Å². The highest BCUT2D eigenvalue weighted by Gasteiger charge is 2.32. The molecule has 1 saturated heterocycles. The minimum absolute atomic E-state index is 0.160. The molecule has 0 bridgehead atoms. The minimum Gasteiger partial charge on any atom is -0.444 e. The number of aromatic nitrogens is 1. The molecule has 0 aromatic carbocycles. The fourth-order valence-electron chi connectivity index (χ4n) is 2.39. The zero-order valence-electron chi connectivity index (χ0n) is 15.5. The van der Waals surface area contributed by atoms with Crippen molar-refractivity contribution in [3.05, 3.63) is 29.1 Å². The van der Waals surface area contributed by atoms with Crippen molar-refractivity contribution in [1.29, 1.82) is 0 Å². The second-order valence-electron chi connectivity index (χ2n) is 7.20. The maximum absolute atomic E-state index is 12.1. The lowest BCUT2D eigenvalue weighted by Gasteiger charge is -2.29. The highest BCUT2D eigenvalue weighted by Crippen LogP contribution is 2.28. The molecule has 0 radical (unpaired) electrons. The van der Waals surface area contributed by atoms with Crippen molar-refractivity contribution in [3.63, 3.8) is 0 Å². The van der Waals surface area contributed by atoms with E-state index in [-0.39, 0.29) is 11.7 Å². The number of ether oxygens (including phenoxy) is 1. The lowest BCUT2D eigenvalue weighted by molar-refractivity contribution is -0.141. The number of aryl methyl sites for hydroxylation is 2. The zero-order chi connectivity index (χ0) is 19.3. The Morgan fingerprint density at radius 2 is 1.64 bits per heavy atom. The van der Waals surface area contributed by atoms with E-state index in [1.165, 1.54) is 6.42 Å². The van der Waals surface area contributed by atoms with E-state index in [4.69, 9.17) is 4.74 Å². The Morgan fingerprint density at radius 3 is 2.08 bits per heavy atom. The van der Waals surface area contributed by atoms with Gasteiger partial charge in [0, 0.05) is 18.8 Å². The van der Waals surface area contributed by atoms with Crippen molar-refractivity contribution in [2.45, 2.75) is 65.7 Å². The fourth-order valence-corrected chi connectivity index (χ4v) is 2.39. The molecule has 7 heteroatoms. The van der Waals surface area contributed by atoms with Crippen LogP contribution in [0.5, 0.6) is 0 Å². The SMILES string of the molecule is CC(C)(C)OC(=O)N1CCCCC1.Cc1cc(C)nc(C(F)(F)F)c1. The highest BCUT2D eigenvalue weighted by atomic mass is 19.4. The van der Waals surface area contributed by atoms with Crippen LogP contribution in [0.1, 0.15) is 57.0 Å². The van der Waals surface area contributed by atoms with Gasteiger partial charge >= 0.3 is 12.3 Å². The fraction of sp³-hybridized carbons (Fsp3) is 0.667. The predicted molar refractivity (Wildman–Crippen MR) is 90.4 cm³/mol. The van der Waals surface area contributed by atoms with Gasteiger partial charge in [-0.05, 0) is 71.6 Å². The molecule has 1 fully saturated rings. The summed E-state index contributed by atoms with van der Waals surface area (Å²) in [6.07, 6.45) is -1.04. The number of amides is 1. The summed E-state index contributed by atoms with van der Waals surface area (Å²) in [5.41, 5.74) is -0.216. The van der Waals surface area contributed by atoms with Crippen LogP contribution in [0.3, 0.4) is 0 Å². The Kier molecular flexibility index (Phi) is 7.26. The van der Waals surface area contributed by atoms with Crippen molar-refractivity contribution < 1.29 is 22.7 Å². The number of carbonyl (C=O) groups is 1. The average Bonchev–Trinajstić information content (AvgIpc) is 2.45. The molecular formula is C18H27F3N2O2. The lowest BCUT2D eigenvalue weighted by atomic mass is 10.1. The van der Waals surface area contributed by atoms with Gasteiger partial charge in [-0.15, -0.1) is 0 Å². The molecule has 0 N–H and O–H groups in total. The third-order valence-corrected chi connectivity index (χ3v) is 3.40. The summed E-state index contributed by atoms with van der Waals surface area (Å²) in [6.45, 7) is 10.6. The van der Waals surface area contributed by atoms with Gasteiger partial charge in [-0.1, -0.05) is 0 Å². The number of halogens is 3. The largest absolute Gasteiger partial charge is 0.444 e. The Bertz CT molecular complexity index is 554. The first-order valence-corrected chi connectivity index (χ1v) is 8.39. The van der Waals surface area contributed by atoms with Crippen LogP contribution in [0.25, 0.3) is 0 Å². The first-order valence-electron chi connectivity index (χ1n) is 8.39. The van der Waals surface area contributed by atoms with Crippen molar-refractivity contribution in [2.75, 3.05) is 13.1 Å². The first-order chi connectivity index (χ1) is 11.4. The summed E-state index contributed by atoms with van der Waals surface area (Å²) < 4.78 is 41.5. The van der Waals surface area contributed by atoms with Crippen LogP contribution in [0.2, 0.25) is 0 Å². The van der Waals surface area contributed by atoms with Crippen LogP contribution in [-0.4, -0.2) is 34.7 Å². The maximum atomic E-state index is 12.1. The van der Waals surface area contributed by atoms with Crippen molar-refractivity contribution in [1.82, 2.24) is 9.88 Å². The van der Waals surface area contributed by atoms with Crippen LogP contribution >= 0.6 is 0 Å². The van der Waals surface area contributed by atoms with Gasteiger partial charge in [-0.25, -0.2) is 9.78 Å². The number of hydrogen-bond acceptors (Lipinski definition) is 3. The van der Waals surface area contributed by atoms with E-state index in [0.29, 0.717) is 11.3 Å². The molecule has 0 saturated carbocycles. The van der Waals surface area contributed by atoms with Gasteiger partial charge in [0.2, 0.25) is 0 Å². The van der Waals surface area contributed by atoms with E-state index in [2.05, 4.69) is 4.98 Å². The number of alkyl halides is 3. The summed E-state index contributed by atoms with van der Waals surface area (Å²) >= 11 is 0. The summed E-state index contributed by atoms with van der Waals surface area (Å²) in [4.78, 5) is 16.7. The van der Waals surface area contributed by atoms with E-state index in [9.17, 15) is 18.0 Å². The smallest absolute Gasteiger partial charge is 0.433 e. The summed E-state index contributed by atoms with van der Waals surface area (Å²) in [7, 11) is 0. The molecule has 1 aromatic heterocycles. The molecule has 0 aliphatic carbocycles. The van der Waals surface area contributed by atoms with Gasteiger partial charge in [0.15, 0.2) is 0 Å². The van der Waals surface area contributed by atoms with Crippen LogP contribution in [0, 0.1) is 13.8 Å². The Balaban J connectivity index is 0.000000251. The highest BCUT2D eigenvalue weighted by molar-refractivity contribution is 5.68. The van der Waals surface area contributed by atoms with Gasteiger partial charge in [0.05, 0.1) is 0 Å². The summed E-state index contributed by atoms with van der Waals surface area (Å²) in [5.74, 6) is 0. The molecule has 2 heterocycles. The van der Waals surface area contributed by atoms with Gasteiger partial charge in [-0.2, -0.15) is 13.2 Å². The Labute approximate surface area is 147 Å². The molecule has 0 atom stereocenters. The maximum Gasteiger partial charge on any atom is 0.433 e. The van der Waals surface area contributed by atoms with Crippen LogP contribution in [-0.2, 0) is 10.9 Å². The summed E-state index contributed by atoms with van der Waals surface area (Å²) in [5, 5.41) is 0. The van der Waals surface area contributed by atoms with Crippen LogP contribution in [0.4, 0.5) is 18.0 Å². The molecule has 1 aromatic rings. The molecule has 1 aliphatic rings. The predicted octanol–water partition coefficient (Wildman–Crippen LogP) is 5.12. The lowest BCUT2D eigenvalue weighted by Crippen LogP contribution is -2.39. The van der Waals surface area contributed by atoms with E-state index in [1.54, 1.807) is 24.8 Å². The van der Waals surface area contributed by atoms with E-state index < -0.39 is 11.9 Å². The number of rotatable bonds is 0. The topological polar surface area (TPSA) is 42.4 Å². The minimum atomic E-state index is -4.34. The van der Waals surface area contributed by atoms with Crippen molar-refractivity contribution in [2.24, 2.45) is 0 Å². The monoisotopic (exact) mass is 360 g/mol. The molecule has 2 rings (SSSR count). The van der Waals surface area contributed by atoms with Crippen LogP contribution < -0.4 is 0 Å². The number of likely N-dealkylation sites (tertiary alicyclic amines) is 1. The molecule has 4 nitrogen and oxygen atoms in total. The van der Waals surface area contributed by atoms with Gasteiger partial charge in [0.25, 0.3) is 0 Å². The van der Waals surface area contributed by atoms with Gasteiger partial charge < -0.3 is 9.64 Å². The Hall–Kier alpha value is -1.79. The average molecular weight is 360 g/mol. The molecule has 1 aliphatic heterocycles. The number of carbonyl (C=O) groups excluding carboxylic acids is 1. The van der Waals surface area contributed by atoms with E-state index in [0.717, 1.165) is 32.0 Å². The Morgan fingerprint density at radius 1 is 1.08 bits per heavy atom. The third-order valence-electron chi connectivity index (χ3n) is 3.40. The van der Waals surface area contributed by atoms with Crippen LogP contribution in [0.15, 0.2) is 12.1 Å². The normalized spacial score (nSPS) is 15.3. The molecule has 142 valence electrons. The standard InChI is InChI=1S/C10H19NO2.C8H8F3N/c1-10(2,3)13-9(12)11-7-5-4-6-8-11;1-5-3-6(2)12-7(4-5)8(9,10)11/h4-8H2,1-3H3;3-4H,1-2H3. The molecule has 0 spiro atoms. The zero-order valence-corrected chi connectivity index (χ0v) is 15.5. The molecular weight excluding hydrogens is 333 g/mol. The summed E-state index contributed by atoms with van der Waals surface area (Å²) in [6, 6.07) is 2.64. The van der Waals surface area contributed by atoms with E-state index in [1.807, 2.05) is 20.8 Å². The molecule has 0 unspecified atom stereocenters. The quantitative estimate of drug-likeness (QED) is 0.644. The molecule has 25 heavy (non-hydrogen) atoms. The van der Waals surface area contributed by atoms with Crippen molar-refractivity contribution in [3.8, 4) is 0 Å². The van der Waals surface area contributed by atoms with Gasteiger partial charge in [0.1, 0.15) is 11.3 Å². The number of pyridine rings is 1. The number of hydrogen-bond donors (Lipinski definition) is 0. The molecule has 1 amide bonds. The number of nitrogens with zero attached hydrogens (tertiary/aromatic N) is 2. The number of piperidine rings is 1. The second-order valence-corrected chi connectivity index (χ2v) is 7.20. The van der Waals surface area contributed by atoms with E-state index >= 15 is 0 Å².